The maximum atomic E-state index is 13.5. The van der Waals surface area contributed by atoms with Crippen LogP contribution in [0.3, 0.4) is 0 Å². The summed E-state index contributed by atoms with van der Waals surface area (Å²) in [4.78, 5) is 27.1. The number of phenolic OH excluding ortho intramolecular Hbond substituents is 1. The minimum Gasteiger partial charge on any atom is -0.508 e. The molecule has 0 aliphatic carbocycles. The Morgan fingerprint density at radius 3 is 2.41 bits per heavy atom. The van der Waals surface area contributed by atoms with Crippen LogP contribution in [0.5, 0.6) is 5.75 Å². The molecule has 4 aromatic rings. The number of amides is 2. The quantitative estimate of drug-likeness (QED) is 0.218. The summed E-state index contributed by atoms with van der Waals surface area (Å²) in [6.45, 7) is 3.02. The molecule has 208 valence electrons. The summed E-state index contributed by atoms with van der Waals surface area (Å²) in [5, 5.41) is 23.1. The van der Waals surface area contributed by atoms with E-state index in [0.717, 1.165) is 44.8 Å². The predicted molar refractivity (Wildman–Crippen MR) is 161 cm³/mol. The number of nitrogens with one attached hydrogen (secondary N) is 4. The molecule has 2 heterocycles. The van der Waals surface area contributed by atoms with E-state index in [-0.39, 0.29) is 23.6 Å². The Morgan fingerprint density at radius 1 is 0.927 bits per heavy atom. The van der Waals surface area contributed by atoms with Crippen molar-refractivity contribution in [2.24, 2.45) is 0 Å². The highest BCUT2D eigenvalue weighted by atomic mass is 16.3. The van der Waals surface area contributed by atoms with Crippen LogP contribution >= 0.6 is 0 Å². The third-order valence-corrected chi connectivity index (χ3v) is 7.96. The van der Waals surface area contributed by atoms with Crippen LogP contribution in [0, 0.1) is 6.92 Å². The molecule has 7 nitrogen and oxygen atoms in total. The van der Waals surface area contributed by atoms with E-state index in [1.54, 1.807) is 12.1 Å². The van der Waals surface area contributed by atoms with Gasteiger partial charge in [-0.3, -0.25) is 9.59 Å². The zero-order valence-corrected chi connectivity index (χ0v) is 23.0. The molecule has 2 aliphatic rings. The molecule has 41 heavy (non-hydrogen) atoms. The smallest absolute Gasteiger partial charge is 0.253 e. The zero-order valence-electron chi connectivity index (χ0n) is 23.0. The Hall–Kier alpha value is -4.78. The largest absolute Gasteiger partial charge is 0.508 e. The first-order valence-electron chi connectivity index (χ1n) is 14.1. The summed E-state index contributed by atoms with van der Waals surface area (Å²) in [6, 6.07) is 26.8. The fourth-order valence-electron chi connectivity index (χ4n) is 5.90. The molecule has 7 heteroatoms. The number of hydrogen-bond donors (Lipinski definition) is 5. The van der Waals surface area contributed by atoms with E-state index < -0.39 is 6.04 Å². The molecule has 0 saturated heterocycles. The second-order valence-electron chi connectivity index (χ2n) is 10.9. The van der Waals surface area contributed by atoms with Gasteiger partial charge in [-0.05, 0) is 65.3 Å². The number of aryl methyl sites for hydroxylation is 1. The maximum absolute atomic E-state index is 13.5. The fourth-order valence-corrected chi connectivity index (χ4v) is 5.90. The van der Waals surface area contributed by atoms with Crippen LogP contribution in [0.2, 0.25) is 0 Å². The first-order valence-corrected chi connectivity index (χ1v) is 14.1. The molecule has 4 aromatic carbocycles. The van der Waals surface area contributed by atoms with Crippen molar-refractivity contribution in [1.82, 2.24) is 10.6 Å². The number of hydrogen-bond acceptors (Lipinski definition) is 5. The van der Waals surface area contributed by atoms with Gasteiger partial charge >= 0.3 is 0 Å². The highest BCUT2D eigenvalue weighted by Crippen LogP contribution is 2.36. The Kier molecular flexibility index (Phi) is 7.33. The normalized spacial score (nSPS) is 17.0. The first kappa shape index (κ1) is 26.4. The standard InChI is InChI=1S/C34H34N4O3/c1-21-14-25(39)18-30-26(21)19-31(37-30)34(41)38-29-12-13-35-32-27(29)16-24(15-22-8-4-2-5-9-22)17-28(32)33(40)36-20-23-10-6-3-7-11-23/h2-11,14,16-18,29,31,35,37,39H,12-13,15,19-20H2,1H3,(H,36,40)(H,38,41). The second-order valence-corrected chi connectivity index (χ2v) is 10.9. The van der Waals surface area contributed by atoms with E-state index in [9.17, 15) is 14.7 Å². The average Bonchev–Trinajstić information content (AvgIpc) is 3.42. The third-order valence-electron chi connectivity index (χ3n) is 7.96. The highest BCUT2D eigenvalue weighted by molar-refractivity contribution is 6.01. The number of anilines is 2. The molecule has 2 unspecified atom stereocenters. The van der Waals surface area contributed by atoms with Crippen LogP contribution in [-0.4, -0.2) is 29.5 Å². The molecular formula is C34H34N4O3. The van der Waals surface area contributed by atoms with Gasteiger partial charge in [-0.15, -0.1) is 0 Å². The van der Waals surface area contributed by atoms with E-state index in [2.05, 4.69) is 39.5 Å². The summed E-state index contributed by atoms with van der Waals surface area (Å²) in [7, 11) is 0. The number of rotatable bonds is 7. The minimum absolute atomic E-state index is 0.0959. The molecular weight excluding hydrogens is 512 g/mol. The summed E-state index contributed by atoms with van der Waals surface area (Å²) in [5.41, 5.74) is 8.29. The lowest BCUT2D eigenvalue weighted by Crippen LogP contribution is -2.42. The van der Waals surface area contributed by atoms with Crippen molar-refractivity contribution in [2.45, 2.75) is 44.8 Å². The second kappa shape index (κ2) is 11.4. The van der Waals surface area contributed by atoms with E-state index in [1.807, 2.05) is 61.5 Å². The van der Waals surface area contributed by atoms with Gasteiger partial charge in [0.25, 0.3) is 5.91 Å². The van der Waals surface area contributed by atoms with Gasteiger partial charge in [0, 0.05) is 31.3 Å². The summed E-state index contributed by atoms with van der Waals surface area (Å²) in [5.74, 6) is -0.0599. The number of phenols is 1. The maximum Gasteiger partial charge on any atom is 0.253 e. The van der Waals surface area contributed by atoms with E-state index in [4.69, 9.17) is 0 Å². The van der Waals surface area contributed by atoms with E-state index in [0.29, 0.717) is 37.9 Å². The van der Waals surface area contributed by atoms with Crippen LogP contribution in [-0.2, 0) is 24.2 Å². The average molecular weight is 547 g/mol. The summed E-state index contributed by atoms with van der Waals surface area (Å²) in [6.07, 6.45) is 1.94. The first-order chi connectivity index (χ1) is 19.9. The molecule has 2 amide bonds. The Morgan fingerprint density at radius 2 is 1.66 bits per heavy atom. The van der Waals surface area contributed by atoms with Crippen molar-refractivity contribution >= 4 is 23.2 Å². The van der Waals surface area contributed by atoms with Crippen molar-refractivity contribution in [1.29, 1.82) is 0 Å². The lowest BCUT2D eigenvalue weighted by atomic mass is 9.90. The highest BCUT2D eigenvalue weighted by Gasteiger charge is 2.32. The van der Waals surface area contributed by atoms with Crippen molar-refractivity contribution in [2.75, 3.05) is 17.2 Å². The molecule has 0 spiro atoms. The van der Waals surface area contributed by atoms with Crippen molar-refractivity contribution in [3.8, 4) is 5.75 Å². The molecule has 0 bridgehead atoms. The fraction of sp³-hybridized carbons (Fsp3) is 0.235. The van der Waals surface area contributed by atoms with Gasteiger partial charge in [0.2, 0.25) is 5.91 Å². The van der Waals surface area contributed by atoms with Crippen LogP contribution in [0.1, 0.15) is 56.2 Å². The molecule has 0 aromatic heterocycles. The number of carbonyl (C=O) groups is 2. The summed E-state index contributed by atoms with van der Waals surface area (Å²) >= 11 is 0. The van der Waals surface area contributed by atoms with Crippen LogP contribution < -0.4 is 21.3 Å². The minimum atomic E-state index is -0.426. The van der Waals surface area contributed by atoms with Gasteiger partial charge in [0.15, 0.2) is 0 Å². The number of fused-ring (bicyclic) bond motifs is 2. The van der Waals surface area contributed by atoms with Crippen LogP contribution in [0.4, 0.5) is 11.4 Å². The van der Waals surface area contributed by atoms with Crippen molar-refractivity contribution < 1.29 is 14.7 Å². The van der Waals surface area contributed by atoms with E-state index in [1.165, 1.54) is 0 Å². The molecule has 2 aliphatic heterocycles. The Balaban J connectivity index is 1.27. The van der Waals surface area contributed by atoms with Crippen LogP contribution in [0.25, 0.3) is 0 Å². The van der Waals surface area contributed by atoms with E-state index >= 15 is 0 Å². The third kappa shape index (κ3) is 5.75. The van der Waals surface area contributed by atoms with Gasteiger partial charge in [-0.1, -0.05) is 66.7 Å². The number of aromatic hydroxyl groups is 1. The van der Waals surface area contributed by atoms with Gasteiger partial charge < -0.3 is 26.4 Å². The van der Waals surface area contributed by atoms with Gasteiger partial charge in [-0.2, -0.15) is 0 Å². The molecule has 0 saturated carbocycles. The Bertz CT molecular complexity index is 1590. The SMILES string of the molecule is Cc1cc(O)cc2c1CC(C(=O)NC1CCNc3c(C(=O)NCc4ccccc4)cc(Cc4ccccc4)cc31)N2. The van der Waals surface area contributed by atoms with Crippen molar-refractivity contribution in [3.63, 3.8) is 0 Å². The zero-order chi connectivity index (χ0) is 28.3. The molecule has 2 atom stereocenters. The lowest BCUT2D eigenvalue weighted by Gasteiger charge is -2.30. The molecule has 6 rings (SSSR count). The van der Waals surface area contributed by atoms with Crippen LogP contribution in [0.15, 0.2) is 84.9 Å². The molecule has 5 N–H and O–H groups in total. The summed E-state index contributed by atoms with van der Waals surface area (Å²) < 4.78 is 0. The van der Waals surface area contributed by atoms with Gasteiger partial charge in [0.1, 0.15) is 11.8 Å². The van der Waals surface area contributed by atoms with Gasteiger partial charge in [-0.25, -0.2) is 0 Å². The monoisotopic (exact) mass is 546 g/mol. The molecule has 0 fully saturated rings. The topological polar surface area (TPSA) is 102 Å². The predicted octanol–water partition coefficient (Wildman–Crippen LogP) is 5.23. The molecule has 0 radical (unpaired) electrons. The number of benzene rings is 4. The lowest BCUT2D eigenvalue weighted by molar-refractivity contribution is -0.122. The number of carbonyl (C=O) groups excluding carboxylic acids is 2. The Labute approximate surface area is 240 Å². The van der Waals surface area contributed by atoms with Crippen molar-refractivity contribution in [3.05, 3.63) is 124 Å². The van der Waals surface area contributed by atoms with Gasteiger partial charge in [0.05, 0.1) is 17.3 Å².